The highest BCUT2D eigenvalue weighted by Crippen LogP contribution is 2.20. The lowest BCUT2D eigenvalue weighted by molar-refractivity contribution is 0.0627. The monoisotopic (exact) mass is 346 g/mol. The molecule has 1 fully saturated rings. The normalized spacial score (nSPS) is 15.5. The lowest BCUT2D eigenvalue weighted by atomic mass is 10.1. The Bertz CT molecular complexity index is 742. The number of rotatable bonds is 3. The number of amides is 1. The zero-order chi connectivity index (χ0) is 17.1. The predicted octanol–water partition coefficient (Wildman–Crippen LogP) is 3.75. The summed E-state index contributed by atoms with van der Waals surface area (Å²) < 4.78 is 13.1. The van der Waals surface area contributed by atoms with Crippen molar-refractivity contribution in [3.8, 4) is 0 Å². The number of piperazine rings is 1. The van der Waals surface area contributed by atoms with Crippen LogP contribution in [-0.4, -0.2) is 41.9 Å². The third-order valence-electron chi connectivity index (χ3n) is 4.44. The van der Waals surface area contributed by atoms with Gasteiger partial charge in [0.25, 0.3) is 5.91 Å². The van der Waals surface area contributed by atoms with Crippen molar-refractivity contribution in [1.82, 2.24) is 9.80 Å². The Balaban J connectivity index is 1.60. The van der Waals surface area contributed by atoms with Crippen molar-refractivity contribution < 1.29 is 9.18 Å². The molecule has 1 aliphatic heterocycles. The Labute approximate surface area is 146 Å². The topological polar surface area (TPSA) is 23.6 Å². The van der Waals surface area contributed by atoms with Crippen LogP contribution in [0.1, 0.15) is 21.5 Å². The minimum atomic E-state index is -0.322. The van der Waals surface area contributed by atoms with Crippen LogP contribution in [0.2, 0.25) is 5.02 Å². The summed E-state index contributed by atoms with van der Waals surface area (Å²) in [4.78, 5) is 16.8. The SMILES string of the molecule is Cc1ccccc1C(=O)N1CCN(Cc2ccc(F)cc2Cl)CC1. The fraction of sp³-hybridized carbons (Fsp3) is 0.316. The van der Waals surface area contributed by atoms with E-state index in [0.29, 0.717) is 24.7 Å². The molecule has 1 aliphatic rings. The van der Waals surface area contributed by atoms with Gasteiger partial charge in [-0.25, -0.2) is 4.39 Å². The number of benzene rings is 2. The van der Waals surface area contributed by atoms with E-state index in [9.17, 15) is 9.18 Å². The molecule has 0 radical (unpaired) electrons. The van der Waals surface area contributed by atoms with Gasteiger partial charge in [-0.15, -0.1) is 0 Å². The third kappa shape index (κ3) is 3.77. The number of carbonyl (C=O) groups is 1. The van der Waals surface area contributed by atoms with E-state index in [2.05, 4.69) is 4.90 Å². The van der Waals surface area contributed by atoms with Crippen LogP contribution in [-0.2, 0) is 6.54 Å². The number of aryl methyl sites for hydroxylation is 1. The quantitative estimate of drug-likeness (QED) is 0.845. The van der Waals surface area contributed by atoms with Gasteiger partial charge in [0.1, 0.15) is 5.82 Å². The smallest absolute Gasteiger partial charge is 0.254 e. The Morgan fingerprint density at radius 2 is 1.83 bits per heavy atom. The van der Waals surface area contributed by atoms with Crippen LogP contribution in [0.15, 0.2) is 42.5 Å². The molecule has 0 bridgehead atoms. The fourth-order valence-corrected chi connectivity index (χ4v) is 3.21. The van der Waals surface area contributed by atoms with E-state index in [1.807, 2.05) is 36.1 Å². The first-order valence-corrected chi connectivity index (χ1v) is 8.43. The molecule has 5 heteroatoms. The number of nitrogens with zero attached hydrogens (tertiary/aromatic N) is 2. The second-order valence-electron chi connectivity index (χ2n) is 6.12. The first-order chi connectivity index (χ1) is 11.5. The van der Waals surface area contributed by atoms with E-state index >= 15 is 0 Å². The van der Waals surface area contributed by atoms with E-state index in [4.69, 9.17) is 11.6 Å². The molecule has 0 N–H and O–H groups in total. The van der Waals surface area contributed by atoms with Gasteiger partial charge in [0.15, 0.2) is 0 Å². The van der Waals surface area contributed by atoms with Gasteiger partial charge in [-0.2, -0.15) is 0 Å². The molecule has 0 saturated carbocycles. The van der Waals surface area contributed by atoms with Crippen molar-refractivity contribution in [3.05, 3.63) is 70.0 Å². The van der Waals surface area contributed by atoms with Crippen molar-refractivity contribution in [1.29, 1.82) is 0 Å². The Morgan fingerprint density at radius 3 is 2.50 bits per heavy atom. The lowest BCUT2D eigenvalue weighted by Gasteiger charge is -2.35. The van der Waals surface area contributed by atoms with Gasteiger partial charge < -0.3 is 4.90 Å². The van der Waals surface area contributed by atoms with Crippen LogP contribution >= 0.6 is 11.6 Å². The van der Waals surface area contributed by atoms with Gasteiger partial charge >= 0.3 is 0 Å². The van der Waals surface area contributed by atoms with E-state index in [0.717, 1.165) is 29.8 Å². The van der Waals surface area contributed by atoms with Gasteiger partial charge in [-0.1, -0.05) is 35.9 Å². The number of hydrogen-bond acceptors (Lipinski definition) is 2. The molecule has 1 saturated heterocycles. The molecule has 2 aromatic carbocycles. The molecular weight excluding hydrogens is 327 g/mol. The molecule has 1 heterocycles. The second-order valence-corrected chi connectivity index (χ2v) is 6.53. The molecule has 3 nitrogen and oxygen atoms in total. The summed E-state index contributed by atoms with van der Waals surface area (Å²) in [6, 6.07) is 12.2. The van der Waals surface area contributed by atoms with Crippen LogP contribution in [0.3, 0.4) is 0 Å². The lowest BCUT2D eigenvalue weighted by Crippen LogP contribution is -2.48. The molecule has 0 aromatic heterocycles. The van der Waals surface area contributed by atoms with E-state index in [1.165, 1.54) is 12.1 Å². The highest BCUT2D eigenvalue weighted by Gasteiger charge is 2.23. The average molecular weight is 347 g/mol. The Kier molecular flexibility index (Phi) is 5.17. The van der Waals surface area contributed by atoms with Crippen LogP contribution in [0.5, 0.6) is 0 Å². The molecule has 0 spiro atoms. The minimum absolute atomic E-state index is 0.0903. The summed E-state index contributed by atoms with van der Waals surface area (Å²) in [5, 5.41) is 0.452. The maximum Gasteiger partial charge on any atom is 0.254 e. The number of hydrogen-bond donors (Lipinski definition) is 0. The number of halogens is 2. The van der Waals surface area contributed by atoms with Crippen molar-refractivity contribution in [3.63, 3.8) is 0 Å². The molecule has 24 heavy (non-hydrogen) atoms. The van der Waals surface area contributed by atoms with E-state index in [1.54, 1.807) is 6.07 Å². The van der Waals surface area contributed by atoms with Gasteiger partial charge in [-0.05, 0) is 36.2 Å². The molecule has 3 rings (SSSR count). The summed E-state index contributed by atoms with van der Waals surface area (Å²) in [6.45, 7) is 5.57. The first kappa shape index (κ1) is 16.9. The molecule has 0 atom stereocenters. The van der Waals surface area contributed by atoms with E-state index < -0.39 is 0 Å². The highest BCUT2D eigenvalue weighted by molar-refractivity contribution is 6.31. The maximum atomic E-state index is 13.1. The Morgan fingerprint density at radius 1 is 1.12 bits per heavy atom. The molecule has 0 unspecified atom stereocenters. The van der Waals surface area contributed by atoms with Crippen LogP contribution in [0, 0.1) is 12.7 Å². The van der Waals surface area contributed by atoms with Crippen LogP contribution in [0.4, 0.5) is 4.39 Å². The fourth-order valence-electron chi connectivity index (χ4n) is 2.98. The summed E-state index contributed by atoms with van der Waals surface area (Å²) in [5.41, 5.74) is 2.69. The Hall–Kier alpha value is -1.91. The zero-order valence-electron chi connectivity index (χ0n) is 13.6. The van der Waals surface area contributed by atoms with E-state index in [-0.39, 0.29) is 11.7 Å². The largest absolute Gasteiger partial charge is 0.336 e. The van der Waals surface area contributed by atoms with Crippen LogP contribution in [0.25, 0.3) is 0 Å². The second kappa shape index (κ2) is 7.32. The maximum absolute atomic E-state index is 13.1. The molecule has 1 amide bonds. The standard InChI is InChI=1S/C19H20ClFN2O/c1-14-4-2-3-5-17(14)19(24)23-10-8-22(9-11-23)13-15-6-7-16(21)12-18(15)20/h2-7,12H,8-11,13H2,1H3. The first-order valence-electron chi connectivity index (χ1n) is 8.06. The predicted molar refractivity (Wildman–Crippen MR) is 93.8 cm³/mol. The van der Waals surface area contributed by atoms with Crippen molar-refractivity contribution in [2.75, 3.05) is 26.2 Å². The molecular formula is C19H20ClFN2O. The molecule has 2 aromatic rings. The minimum Gasteiger partial charge on any atom is -0.336 e. The molecule has 126 valence electrons. The number of carbonyl (C=O) groups excluding carboxylic acids is 1. The van der Waals surface area contributed by atoms with Crippen molar-refractivity contribution >= 4 is 17.5 Å². The molecule has 0 aliphatic carbocycles. The van der Waals surface area contributed by atoms with Gasteiger partial charge in [0, 0.05) is 43.3 Å². The summed E-state index contributed by atoms with van der Waals surface area (Å²) in [6.07, 6.45) is 0. The summed E-state index contributed by atoms with van der Waals surface area (Å²) >= 11 is 6.09. The zero-order valence-corrected chi connectivity index (χ0v) is 14.4. The highest BCUT2D eigenvalue weighted by atomic mass is 35.5. The van der Waals surface area contributed by atoms with Crippen molar-refractivity contribution in [2.24, 2.45) is 0 Å². The van der Waals surface area contributed by atoms with Gasteiger partial charge in [0.2, 0.25) is 0 Å². The van der Waals surface area contributed by atoms with Gasteiger partial charge in [-0.3, -0.25) is 9.69 Å². The van der Waals surface area contributed by atoms with Crippen LogP contribution < -0.4 is 0 Å². The average Bonchev–Trinajstić information content (AvgIpc) is 2.58. The van der Waals surface area contributed by atoms with Gasteiger partial charge in [0.05, 0.1) is 0 Å². The summed E-state index contributed by atoms with van der Waals surface area (Å²) in [7, 11) is 0. The third-order valence-corrected chi connectivity index (χ3v) is 4.80. The van der Waals surface area contributed by atoms with Crippen molar-refractivity contribution in [2.45, 2.75) is 13.5 Å². The summed E-state index contributed by atoms with van der Waals surface area (Å²) in [5.74, 6) is -0.232.